The fraction of sp³-hybridized carbons (Fsp3) is 0.867. The highest BCUT2D eigenvalue weighted by atomic mass is 16.5. The summed E-state index contributed by atoms with van der Waals surface area (Å²) in [4.78, 5) is 17.5. The van der Waals surface area contributed by atoms with Crippen LogP contribution in [0.4, 0.5) is 0 Å². The van der Waals surface area contributed by atoms with Gasteiger partial charge in [-0.25, -0.2) is 4.99 Å². The minimum Gasteiger partial charge on any atom is -0.382 e. The Morgan fingerprint density at radius 1 is 1.29 bits per heavy atom. The number of nitrogens with zero attached hydrogens (tertiary/aromatic N) is 2. The van der Waals surface area contributed by atoms with Crippen LogP contribution in [0.15, 0.2) is 4.99 Å². The fourth-order valence-electron chi connectivity index (χ4n) is 2.03. The highest BCUT2D eigenvalue weighted by Crippen LogP contribution is 2.48. The maximum Gasteiger partial charge on any atom is 0.243 e. The molecule has 0 aromatic carbocycles. The number of aliphatic imine (C=N–C) groups is 1. The van der Waals surface area contributed by atoms with Gasteiger partial charge >= 0.3 is 0 Å². The SMILES string of the molecule is CCNC(=NCC(=O)N(C)C)NCC1(CCOCC)CC1. The molecule has 1 aliphatic carbocycles. The normalized spacial score (nSPS) is 16.5. The molecule has 0 saturated heterocycles. The van der Waals surface area contributed by atoms with Crippen LogP contribution in [-0.4, -0.2) is 63.7 Å². The second kappa shape index (κ2) is 8.87. The molecular weight excluding hydrogens is 268 g/mol. The van der Waals surface area contributed by atoms with Gasteiger partial charge in [0.05, 0.1) is 0 Å². The molecule has 0 heterocycles. The third-order valence-electron chi connectivity index (χ3n) is 3.78. The first-order valence-electron chi connectivity index (χ1n) is 7.83. The zero-order valence-electron chi connectivity index (χ0n) is 13.9. The molecule has 1 amide bonds. The first-order chi connectivity index (χ1) is 10.0. The first-order valence-corrected chi connectivity index (χ1v) is 7.83. The van der Waals surface area contributed by atoms with Crippen molar-refractivity contribution in [3.8, 4) is 0 Å². The number of nitrogens with one attached hydrogen (secondary N) is 2. The molecule has 122 valence electrons. The van der Waals surface area contributed by atoms with Crippen LogP contribution in [0, 0.1) is 5.41 Å². The molecule has 0 radical (unpaired) electrons. The van der Waals surface area contributed by atoms with Crippen molar-refractivity contribution in [3.05, 3.63) is 0 Å². The van der Waals surface area contributed by atoms with Gasteiger partial charge in [-0.2, -0.15) is 0 Å². The van der Waals surface area contributed by atoms with E-state index in [2.05, 4.69) is 15.6 Å². The number of hydrogen-bond donors (Lipinski definition) is 2. The number of hydrogen-bond acceptors (Lipinski definition) is 3. The van der Waals surface area contributed by atoms with Crippen molar-refractivity contribution in [1.29, 1.82) is 0 Å². The van der Waals surface area contributed by atoms with Crippen molar-refractivity contribution in [2.75, 3.05) is 46.9 Å². The van der Waals surface area contributed by atoms with E-state index in [0.29, 0.717) is 5.41 Å². The van der Waals surface area contributed by atoms with E-state index in [9.17, 15) is 4.79 Å². The van der Waals surface area contributed by atoms with Crippen LogP contribution in [-0.2, 0) is 9.53 Å². The van der Waals surface area contributed by atoms with E-state index >= 15 is 0 Å². The number of carbonyl (C=O) groups is 1. The summed E-state index contributed by atoms with van der Waals surface area (Å²) in [6.07, 6.45) is 3.57. The van der Waals surface area contributed by atoms with Crippen molar-refractivity contribution in [2.45, 2.75) is 33.1 Å². The molecular formula is C15H30N4O2. The lowest BCUT2D eigenvalue weighted by molar-refractivity contribution is -0.127. The van der Waals surface area contributed by atoms with Crippen molar-refractivity contribution in [3.63, 3.8) is 0 Å². The lowest BCUT2D eigenvalue weighted by Crippen LogP contribution is -2.41. The van der Waals surface area contributed by atoms with E-state index in [1.54, 1.807) is 19.0 Å². The number of rotatable bonds is 9. The van der Waals surface area contributed by atoms with Crippen LogP contribution in [0.1, 0.15) is 33.1 Å². The first kappa shape index (κ1) is 17.8. The van der Waals surface area contributed by atoms with E-state index in [1.807, 2.05) is 13.8 Å². The van der Waals surface area contributed by atoms with Crippen LogP contribution in [0.3, 0.4) is 0 Å². The monoisotopic (exact) mass is 298 g/mol. The highest BCUT2D eigenvalue weighted by molar-refractivity contribution is 5.84. The van der Waals surface area contributed by atoms with Crippen LogP contribution in [0.5, 0.6) is 0 Å². The lowest BCUT2D eigenvalue weighted by Gasteiger charge is -2.18. The summed E-state index contributed by atoms with van der Waals surface area (Å²) >= 11 is 0. The molecule has 0 aromatic rings. The number of likely N-dealkylation sites (N-methyl/N-ethyl adjacent to an activating group) is 1. The van der Waals surface area contributed by atoms with Gasteiger partial charge in [0.15, 0.2) is 5.96 Å². The second-order valence-corrected chi connectivity index (χ2v) is 5.78. The van der Waals surface area contributed by atoms with Gasteiger partial charge in [-0.3, -0.25) is 4.79 Å². The average molecular weight is 298 g/mol. The van der Waals surface area contributed by atoms with Gasteiger partial charge in [0.1, 0.15) is 6.54 Å². The summed E-state index contributed by atoms with van der Waals surface area (Å²) in [5, 5.41) is 6.54. The number of carbonyl (C=O) groups excluding carboxylic acids is 1. The Morgan fingerprint density at radius 2 is 2.00 bits per heavy atom. The van der Waals surface area contributed by atoms with E-state index in [0.717, 1.165) is 38.7 Å². The minimum absolute atomic E-state index is 0.00434. The van der Waals surface area contributed by atoms with Crippen molar-refractivity contribution < 1.29 is 9.53 Å². The van der Waals surface area contributed by atoms with Crippen LogP contribution in [0.25, 0.3) is 0 Å². The molecule has 0 unspecified atom stereocenters. The fourth-order valence-corrected chi connectivity index (χ4v) is 2.03. The summed E-state index contributed by atoms with van der Waals surface area (Å²) in [7, 11) is 3.48. The lowest BCUT2D eigenvalue weighted by atomic mass is 10.0. The van der Waals surface area contributed by atoms with Gasteiger partial charge in [0, 0.05) is 40.4 Å². The molecule has 0 aromatic heterocycles. The van der Waals surface area contributed by atoms with Crippen LogP contribution >= 0.6 is 0 Å². The molecule has 0 aliphatic heterocycles. The van der Waals surface area contributed by atoms with Gasteiger partial charge in [-0.05, 0) is 38.5 Å². The van der Waals surface area contributed by atoms with Gasteiger partial charge in [-0.15, -0.1) is 0 Å². The Bertz CT molecular complexity index is 352. The second-order valence-electron chi connectivity index (χ2n) is 5.78. The Morgan fingerprint density at radius 3 is 2.52 bits per heavy atom. The predicted octanol–water partition coefficient (Wildman–Crippen LogP) is 0.837. The summed E-state index contributed by atoms with van der Waals surface area (Å²) in [6, 6.07) is 0. The molecule has 0 atom stereocenters. The van der Waals surface area contributed by atoms with Crippen LogP contribution in [0.2, 0.25) is 0 Å². The summed E-state index contributed by atoms with van der Waals surface area (Å²) in [5.41, 5.74) is 0.358. The predicted molar refractivity (Wildman–Crippen MR) is 85.5 cm³/mol. The molecule has 1 rings (SSSR count). The number of ether oxygens (including phenoxy) is 1. The molecule has 6 heteroatoms. The molecule has 6 nitrogen and oxygen atoms in total. The molecule has 2 N–H and O–H groups in total. The zero-order valence-corrected chi connectivity index (χ0v) is 13.9. The molecule has 1 fully saturated rings. The number of amides is 1. The van der Waals surface area contributed by atoms with Gasteiger partial charge in [0.25, 0.3) is 0 Å². The van der Waals surface area contributed by atoms with E-state index in [4.69, 9.17) is 4.74 Å². The van der Waals surface area contributed by atoms with E-state index < -0.39 is 0 Å². The van der Waals surface area contributed by atoms with Crippen molar-refractivity contribution in [2.24, 2.45) is 10.4 Å². The highest BCUT2D eigenvalue weighted by Gasteiger charge is 2.41. The quantitative estimate of drug-likeness (QED) is 0.376. The summed E-state index contributed by atoms with van der Waals surface area (Å²) in [6.45, 7) is 7.50. The molecule has 1 aliphatic rings. The van der Waals surface area contributed by atoms with Gasteiger partial charge in [-0.1, -0.05) is 0 Å². The Hall–Kier alpha value is -1.30. The minimum atomic E-state index is 0.00434. The maximum absolute atomic E-state index is 11.6. The smallest absolute Gasteiger partial charge is 0.243 e. The topological polar surface area (TPSA) is 66.0 Å². The van der Waals surface area contributed by atoms with Crippen LogP contribution < -0.4 is 10.6 Å². The Balaban J connectivity index is 2.40. The zero-order chi connectivity index (χ0) is 15.7. The van der Waals surface area contributed by atoms with E-state index in [-0.39, 0.29) is 12.5 Å². The average Bonchev–Trinajstić information content (AvgIpc) is 3.22. The molecule has 0 spiro atoms. The molecule has 21 heavy (non-hydrogen) atoms. The summed E-state index contributed by atoms with van der Waals surface area (Å²) in [5.74, 6) is 0.722. The third-order valence-corrected chi connectivity index (χ3v) is 3.78. The Labute approximate surface area is 128 Å². The Kier molecular flexibility index (Phi) is 7.50. The maximum atomic E-state index is 11.6. The standard InChI is InChI=1S/C15H30N4O2/c1-5-16-14(17-11-13(20)19(3)4)18-12-15(7-8-15)9-10-21-6-2/h5-12H2,1-4H3,(H2,16,17,18). The summed E-state index contributed by atoms with van der Waals surface area (Å²) < 4.78 is 5.45. The van der Waals surface area contributed by atoms with Gasteiger partial charge in [0.2, 0.25) is 5.91 Å². The third kappa shape index (κ3) is 6.80. The van der Waals surface area contributed by atoms with Crippen molar-refractivity contribution in [1.82, 2.24) is 15.5 Å². The van der Waals surface area contributed by atoms with E-state index in [1.165, 1.54) is 12.8 Å². The molecule has 1 saturated carbocycles. The van der Waals surface area contributed by atoms with Gasteiger partial charge < -0.3 is 20.3 Å². The number of guanidine groups is 1. The largest absolute Gasteiger partial charge is 0.382 e. The molecule has 0 bridgehead atoms. The van der Waals surface area contributed by atoms with Crippen molar-refractivity contribution >= 4 is 11.9 Å².